The highest BCUT2D eigenvalue weighted by atomic mass is 16.5. The van der Waals surface area contributed by atoms with Crippen molar-refractivity contribution in [3.63, 3.8) is 0 Å². The highest BCUT2D eigenvalue weighted by molar-refractivity contribution is 5.97. The molecule has 1 aliphatic heterocycles. The summed E-state index contributed by atoms with van der Waals surface area (Å²) in [4.78, 5) is 31.6. The monoisotopic (exact) mass is 378 g/mol. The number of likely N-dealkylation sites (tertiary alicyclic amines) is 1. The lowest BCUT2D eigenvalue weighted by Gasteiger charge is -2.39. The van der Waals surface area contributed by atoms with E-state index in [2.05, 4.69) is 15.2 Å². The second-order valence-corrected chi connectivity index (χ2v) is 7.10. The second kappa shape index (κ2) is 7.42. The molecule has 0 radical (unpaired) electrons. The number of aromatic nitrogens is 3. The van der Waals surface area contributed by atoms with Crippen molar-refractivity contribution in [2.45, 2.75) is 25.8 Å². The number of ether oxygens (including phenoxy) is 1. The lowest BCUT2D eigenvalue weighted by Crippen LogP contribution is -2.43. The number of nitrogens with zero attached hydrogens (tertiary/aromatic N) is 3. The van der Waals surface area contributed by atoms with E-state index in [4.69, 9.17) is 4.74 Å². The Hall–Kier alpha value is -3.22. The van der Waals surface area contributed by atoms with Crippen molar-refractivity contribution in [1.82, 2.24) is 20.1 Å². The summed E-state index contributed by atoms with van der Waals surface area (Å²) >= 11 is 0. The Balaban J connectivity index is 1.67. The Labute approximate surface area is 162 Å². The summed E-state index contributed by atoms with van der Waals surface area (Å²) in [5.74, 6) is -0.520. The van der Waals surface area contributed by atoms with Crippen molar-refractivity contribution >= 4 is 22.9 Å². The SMILES string of the molecule is COC(=O)C1CCN(C(=O)c2cnc3[nH]nc(C)c3c2)C(c2ccccc2)C1. The van der Waals surface area contributed by atoms with Crippen LogP contribution in [0.25, 0.3) is 11.0 Å². The maximum absolute atomic E-state index is 13.3. The minimum atomic E-state index is -0.217. The van der Waals surface area contributed by atoms with Gasteiger partial charge < -0.3 is 9.64 Å². The third-order valence-corrected chi connectivity index (χ3v) is 5.44. The van der Waals surface area contributed by atoms with E-state index < -0.39 is 0 Å². The number of methoxy groups -OCH3 is 1. The number of rotatable bonds is 3. The van der Waals surface area contributed by atoms with Crippen LogP contribution >= 0.6 is 0 Å². The Morgan fingerprint density at radius 3 is 2.79 bits per heavy atom. The minimum Gasteiger partial charge on any atom is -0.469 e. The van der Waals surface area contributed by atoms with Crippen LogP contribution in [0.2, 0.25) is 0 Å². The molecule has 1 saturated heterocycles. The number of esters is 1. The summed E-state index contributed by atoms with van der Waals surface area (Å²) in [5.41, 5.74) is 3.01. The van der Waals surface area contributed by atoms with Crippen LogP contribution in [-0.2, 0) is 9.53 Å². The molecule has 2 aromatic heterocycles. The molecule has 7 nitrogen and oxygen atoms in total. The Morgan fingerprint density at radius 2 is 2.04 bits per heavy atom. The number of hydrogen-bond donors (Lipinski definition) is 1. The summed E-state index contributed by atoms with van der Waals surface area (Å²) in [5, 5.41) is 7.84. The third-order valence-electron chi connectivity index (χ3n) is 5.44. The van der Waals surface area contributed by atoms with Crippen LogP contribution in [0.5, 0.6) is 0 Å². The predicted molar refractivity (Wildman–Crippen MR) is 104 cm³/mol. The fraction of sp³-hybridized carbons (Fsp3) is 0.333. The van der Waals surface area contributed by atoms with E-state index in [1.165, 1.54) is 7.11 Å². The van der Waals surface area contributed by atoms with Crippen LogP contribution in [0.4, 0.5) is 0 Å². The van der Waals surface area contributed by atoms with E-state index in [1.807, 2.05) is 48.2 Å². The Kier molecular flexibility index (Phi) is 4.81. The van der Waals surface area contributed by atoms with Crippen LogP contribution < -0.4 is 0 Å². The highest BCUT2D eigenvalue weighted by Gasteiger charge is 2.36. The first-order valence-corrected chi connectivity index (χ1v) is 9.33. The highest BCUT2D eigenvalue weighted by Crippen LogP contribution is 2.36. The summed E-state index contributed by atoms with van der Waals surface area (Å²) in [6, 6.07) is 11.5. The molecule has 1 fully saturated rings. The quantitative estimate of drug-likeness (QED) is 0.708. The number of fused-ring (bicyclic) bond motifs is 1. The first-order chi connectivity index (χ1) is 13.6. The van der Waals surface area contributed by atoms with Gasteiger partial charge in [-0.05, 0) is 31.4 Å². The molecule has 1 N–H and O–H groups in total. The number of hydrogen-bond acceptors (Lipinski definition) is 5. The summed E-state index contributed by atoms with van der Waals surface area (Å²) < 4.78 is 4.94. The van der Waals surface area contributed by atoms with Gasteiger partial charge in [0.05, 0.1) is 30.3 Å². The average Bonchev–Trinajstić information content (AvgIpc) is 3.13. The molecule has 0 aliphatic carbocycles. The molecule has 3 heterocycles. The smallest absolute Gasteiger partial charge is 0.308 e. The van der Waals surface area contributed by atoms with Gasteiger partial charge in [-0.25, -0.2) is 4.98 Å². The number of nitrogens with one attached hydrogen (secondary N) is 1. The Morgan fingerprint density at radius 1 is 1.25 bits per heavy atom. The number of pyridine rings is 1. The minimum absolute atomic E-state index is 0.0906. The van der Waals surface area contributed by atoms with Gasteiger partial charge in [0, 0.05) is 18.1 Å². The van der Waals surface area contributed by atoms with E-state index in [1.54, 1.807) is 6.20 Å². The van der Waals surface area contributed by atoms with Gasteiger partial charge in [-0.3, -0.25) is 14.7 Å². The molecule has 0 spiro atoms. The maximum Gasteiger partial charge on any atom is 0.308 e. The van der Waals surface area contributed by atoms with Crippen LogP contribution in [-0.4, -0.2) is 45.6 Å². The van der Waals surface area contributed by atoms with E-state index in [0.717, 1.165) is 16.6 Å². The molecule has 0 bridgehead atoms. The largest absolute Gasteiger partial charge is 0.469 e. The van der Waals surface area contributed by atoms with Crippen LogP contribution in [0.1, 0.15) is 40.5 Å². The van der Waals surface area contributed by atoms with Crippen LogP contribution in [0.15, 0.2) is 42.6 Å². The molecule has 1 aromatic carbocycles. The van der Waals surface area contributed by atoms with Crippen molar-refractivity contribution in [2.24, 2.45) is 5.92 Å². The number of H-pyrrole nitrogens is 1. The zero-order valence-corrected chi connectivity index (χ0v) is 15.9. The number of piperidine rings is 1. The third kappa shape index (κ3) is 3.24. The molecule has 1 amide bonds. The number of aromatic amines is 1. The zero-order chi connectivity index (χ0) is 19.7. The molecule has 7 heteroatoms. The molecule has 4 rings (SSSR count). The lowest BCUT2D eigenvalue weighted by molar-refractivity contribution is -0.147. The predicted octanol–water partition coefficient (Wildman–Crippen LogP) is 3.03. The first-order valence-electron chi connectivity index (χ1n) is 9.33. The molecule has 3 aromatic rings. The van der Waals surface area contributed by atoms with Gasteiger partial charge in [0.2, 0.25) is 0 Å². The molecule has 28 heavy (non-hydrogen) atoms. The van der Waals surface area contributed by atoms with Gasteiger partial charge in [0.15, 0.2) is 5.65 Å². The van der Waals surface area contributed by atoms with Gasteiger partial charge in [0.1, 0.15) is 0 Å². The summed E-state index contributed by atoms with van der Waals surface area (Å²) in [6.07, 6.45) is 2.71. The topological polar surface area (TPSA) is 88.2 Å². The van der Waals surface area contributed by atoms with Gasteiger partial charge in [0.25, 0.3) is 5.91 Å². The molecular weight excluding hydrogens is 356 g/mol. The van der Waals surface area contributed by atoms with Gasteiger partial charge >= 0.3 is 5.97 Å². The maximum atomic E-state index is 13.3. The van der Waals surface area contributed by atoms with Crippen molar-refractivity contribution in [3.8, 4) is 0 Å². The number of amides is 1. The number of benzene rings is 1. The molecular formula is C21H22N4O3. The summed E-state index contributed by atoms with van der Waals surface area (Å²) in [7, 11) is 1.41. The zero-order valence-electron chi connectivity index (χ0n) is 15.9. The van der Waals surface area contributed by atoms with E-state index in [9.17, 15) is 9.59 Å². The molecule has 144 valence electrons. The normalized spacial score (nSPS) is 19.6. The number of aryl methyl sites for hydroxylation is 1. The van der Waals surface area contributed by atoms with Crippen molar-refractivity contribution < 1.29 is 14.3 Å². The van der Waals surface area contributed by atoms with Crippen molar-refractivity contribution in [3.05, 3.63) is 59.4 Å². The van der Waals surface area contributed by atoms with E-state index in [0.29, 0.717) is 30.6 Å². The van der Waals surface area contributed by atoms with Crippen LogP contribution in [0, 0.1) is 12.8 Å². The van der Waals surface area contributed by atoms with Crippen molar-refractivity contribution in [2.75, 3.05) is 13.7 Å². The molecule has 2 unspecified atom stereocenters. The standard InChI is InChI=1S/C21H22N4O3/c1-13-17-10-16(12-22-19(17)24-23-13)20(26)25-9-8-15(21(27)28-2)11-18(25)14-6-4-3-5-7-14/h3-7,10,12,15,18H,8-9,11H2,1-2H3,(H,22,23,24). The first kappa shape index (κ1) is 18.2. The molecule has 0 saturated carbocycles. The average molecular weight is 378 g/mol. The molecule has 2 atom stereocenters. The molecule has 1 aliphatic rings. The van der Waals surface area contributed by atoms with E-state index in [-0.39, 0.29) is 23.8 Å². The van der Waals surface area contributed by atoms with Gasteiger partial charge in [-0.1, -0.05) is 30.3 Å². The van der Waals surface area contributed by atoms with E-state index >= 15 is 0 Å². The number of carbonyl (C=O) groups excluding carboxylic acids is 2. The van der Waals surface area contributed by atoms with Gasteiger partial charge in [-0.15, -0.1) is 0 Å². The van der Waals surface area contributed by atoms with Crippen molar-refractivity contribution in [1.29, 1.82) is 0 Å². The fourth-order valence-electron chi connectivity index (χ4n) is 3.89. The fourth-order valence-corrected chi connectivity index (χ4v) is 3.89. The Bertz CT molecular complexity index is 1010. The lowest BCUT2D eigenvalue weighted by atomic mass is 9.86. The second-order valence-electron chi connectivity index (χ2n) is 7.10. The van der Waals surface area contributed by atoms with Gasteiger partial charge in [-0.2, -0.15) is 5.10 Å². The summed E-state index contributed by atoms with van der Waals surface area (Å²) in [6.45, 7) is 2.37. The van der Waals surface area contributed by atoms with Crippen LogP contribution in [0.3, 0.4) is 0 Å². The number of carbonyl (C=O) groups is 2.